The van der Waals surface area contributed by atoms with Gasteiger partial charge in [-0.2, -0.15) is 4.98 Å². The summed E-state index contributed by atoms with van der Waals surface area (Å²) in [4.78, 5) is 39.6. The highest BCUT2D eigenvalue weighted by Crippen LogP contribution is 2.36. The fraction of sp³-hybridized carbons (Fsp3) is 0.371. The number of para-hydroxylation sites is 1. The molecule has 44 heavy (non-hydrogen) atoms. The number of halogens is 2. The summed E-state index contributed by atoms with van der Waals surface area (Å²) in [6, 6.07) is 12.0. The Morgan fingerprint density at radius 2 is 1.73 bits per heavy atom. The number of amides is 1. The lowest BCUT2D eigenvalue weighted by molar-refractivity contribution is -0.126. The first-order valence-corrected chi connectivity index (χ1v) is 15.4. The lowest BCUT2D eigenvalue weighted by atomic mass is 9.94. The van der Waals surface area contributed by atoms with Crippen LogP contribution in [0.4, 0.5) is 14.6 Å². The van der Waals surface area contributed by atoms with E-state index < -0.39 is 17.3 Å². The molecule has 0 unspecified atom stereocenters. The Morgan fingerprint density at radius 1 is 1.00 bits per heavy atom. The fourth-order valence-corrected chi connectivity index (χ4v) is 6.70. The van der Waals surface area contributed by atoms with Crippen LogP contribution >= 0.6 is 0 Å². The van der Waals surface area contributed by atoms with Gasteiger partial charge in [-0.25, -0.2) is 23.1 Å². The van der Waals surface area contributed by atoms with E-state index >= 15 is 8.78 Å². The second kappa shape index (κ2) is 11.9. The third kappa shape index (κ3) is 5.18. The molecular formula is C35H37F2N5O2. The number of aromatic nitrogens is 3. The standard InChI is InChI=1S/C35H37F2N5O2/c1-5-29(43)40-17-18-41(22(4)20-40)33-26-19-28(37)31-30-23(13-10-16-27(30)36)11-7-6-8-12-24-14-9-15-25(21(2)3)32(24)42(34(26)38-31)35(44)39-33/h5,9-10,13-16,19,21-22H,1,6-8,11-12,17-18,20H2,2-4H3/t22-/m0/s1. The molecule has 0 aliphatic carbocycles. The number of pyridine rings is 1. The number of piperazine rings is 1. The number of rotatable bonds is 3. The monoisotopic (exact) mass is 597 g/mol. The van der Waals surface area contributed by atoms with Gasteiger partial charge in [-0.15, -0.1) is 0 Å². The largest absolute Gasteiger partial charge is 0.355 e. The maximum atomic E-state index is 16.3. The molecule has 2 aromatic heterocycles. The number of hydrogen-bond donors (Lipinski definition) is 0. The summed E-state index contributed by atoms with van der Waals surface area (Å²) < 4.78 is 33.3. The van der Waals surface area contributed by atoms with Crippen LogP contribution in [-0.2, 0) is 17.6 Å². The zero-order chi connectivity index (χ0) is 31.1. The first kappa shape index (κ1) is 29.7. The molecule has 1 saturated heterocycles. The van der Waals surface area contributed by atoms with Crippen LogP contribution in [0.25, 0.3) is 28.0 Å². The van der Waals surface area contributed by atoms with Crippen molar-refractivity contribution in [3.63, 3.8) is 0 Å². The highest BCUT2D eigenvalue weighted by Gasteiger charge is 2.31. The molecule has 4 heterocycles. The van der Waals surface area contributed by atoms with Crippen molar-refractivity contribution < 1.29 is 13.6 Å². The quantitative estimate of drug-likeness (QED) is 0.258. The van der Waals surface area contributed by atoms with Gasteiger partial charge in [0.2, 0.25) is 5.91 Å². The van der Waals surface area contributed by atoms with Gasteiger partial charge >= 0.3 is 5.69 Å². The van der Waals surface area contributed by atoms with Crippen LogP contribution in [0.1, 0.15) is 62.6 Å². The number of hydrogen-bond acceptors (Lipinski definition) is 5. The van der Waals surface area contributed by atoms with E-state index in [4.69, 9.17) is 4.98 Å². The Labute approximate surface area is 255 Å². The maximum absolute atomic E-state index is 16.3. The molecule has 4 aromatic rings. The minimum Gasteiger partial charge on any atom is -0.350 e. The van der Waals surface area contributed by atoms with Crippen molar-refractivity contribution in [1.82, 2.24) is 19.4 Å². The van der Waals surface area contributed by atoms with Crippen LogP contribution in [0.3, 0.4) is 0 Å². The van der Waals surface area contributed by atoms with Crippen molar-refractivity contribution in [1.29, 1.82) is 0 Å². The van der Waals surface area contributed by atoms with Gasteiger partial charge in [-0.05, 0) is 73.4 Å². The predicted octanol–water partition coefficient (Wildman–Crippen LogP) is 6.34. The number of aryl methyl sites for hydroxylation is 2. The number of anilines is 1. The number of fused-ring (bicyclic) bond motifs is 5. The fourth-order valence-electron chi connectivity index (χ4n) is 6.70. The number of carbonyl (C=O) groups is 1. The molecule has 2 aliphatic rings. The molecule has 0 radical (unpaired) electrons. The normalized spacial score (nSPS) is 17.1. The van der Waals surface area contributed by atoms with E-state index in [1.54, 1.807) is 11.0 Å². The second-order valence-corrected chi connectivity index (χ2v) is 12.1. The Morgan fingerprint density at radius 3 is 2.45 bits per heavy atom. The molecular weight excluding hydrogens is 560 g/mol. The molecule has 2 aromatic carbocycles. The Hall–Kier alpha value is -4.40. The zero-order valence-corrected chi connectivity index (χ0v) is 25.4. The van der Waals surface area contributed by atoms with E-state index in [0.717, 1.165) is 36.8 Å². The molecule has 7 nitrogen and oxygen atoms in total. The molecule has 1 atom stereocenters. The second-order valence-electron chi connectivity index (χ2n) is 12.1. The van der Waals surface area contributed by atoms with Gasteiger partial charge in [0.25, 0.3) is 0 Å². The van der Waals surface area contributed by atoms with Gasteiger partial charge in [-0.1, -0.05) is 57.2 Å². The predicted molar refractivity (Wildman–Crippen MR) is 169 cm³/mol. The third-order valence-corrected chi connectivity index (χ3v) is 8.91. The molecule has 6 rings (SSSR count). The highest BCUT2D eigenvalue weighted by atomic mass is 19.1. The van der Waals surface area contributed by atoms with E-state index in [2.05, 4.69) is 25.4 Å². The van der Waals surface area contributed by atoms with Crippen molar-refractivity contribution >= 4 is 22.8 Å². The van der Waals surface area contributed by atoms with Crippen LogP contribution in [0.15, 0.2) is 59.9 Å². The third-order valence-electron chi connectivity index (χ3n) is 8.91. The van der Waals surface area contributed by atoms with Crippen LogP contribution in [-0.4, -0.2) is 51.0 Å². The molecule has 1 amide bonds. The number of benzene rings is 2. The highest BCUT2D eigenvalue weighted by molar-refractivity contribution is 5.91. The summed E-state index contributed by atoms with van der Waals surface area (Å²) in [5, 5.41) is 0.360. The van der Waals surface area contributed by atoms with Crippen LogP contribution < -0.4 is 10.6 Å². The maximum Gasteiger partial charge on any atom is 0.355 e. The van der Waals surface area contributed by atoms with Gasteiger partial charge in [0.05, 0.1) is 11.1 Å². The van der Waals surface area contributed by atoms with Crippen molar-refractivity contribution in [2.24, 2.45) is 0 Å². The van der Waals surface area contributed by atoms with Crippen LogP contribution in [0, 0.1) is 11.6 Å². The Bertz CT molecular complexity index is 1830. The summed E-state index contributed by atoms with van der Waals surface area (Å²) in [6.45, 7) is 10.9. The summed E-state index contributed by atoms with van der Waals surface area (Å²) in [5.41, 5.74) is 3.07. The smallest absolute Gasteiger partial charge is 0.350 e. The van der Waals surface area contributed by atoms with E-state index in [9.17, 15) is 9.59 Å². The van der Waals surface area contributed by atoms with Crippen LogP contribution in [0.2, 0.25) is 0 Å². The summed E-state index contributed by atoms with van der Waals surface area (Å²) in [7, 11) is 0. The lowest BCUT2D eigenvalue weighted by Gasteiger charge is -2.40. The average Bonchev–Trinajstić information content (AvgIpc) is 3.01. The van der Waals surface area contributed by atoms with E-state index in [1.807, 2.05) is 36.1 Å². The summed E-state index contributed by atoms with van der Waals surface area (Å²) in [5.74, 6) is -1.02. The van der Waals surface area contributed by atoms with Gasteiger partial charge in [0.15, 0.2) is 5.65 Å². The minimum absolute atomic E-state index is 0.0795. The van der Waals surface area contributed by atoms with E-state index in [-0.39, 0.29) is 34.8 Å². The van der Waals surface area contributed by atoms with E-state index in [0.29, 0.717) is 48.5 Å². The molecule has 0 N–H and O–H groups in total. The lowest BCUT2D eigenvalue weighted by Crippen LogP contribution is -2.54. The van der Waals surface area contributed by atoms with E-state index in [1.165, 1.54) is 22.8 Å². The van der Waals surface area contributed by atoms with Gasteiger partial charge in [-0.3, -0.25) is 4.79 Å². The van der Waals surface area contributed by atoms with Gasteiger partial charge < -0.3 is 9.80 Å². The first-order valence-electron chi connectivity index (χ1n) is 15.4. The average molecular weight is 598 g/mol. The van der Waals surface area contributed by atoms with Crippen LogP contribution in [0.5, 0.6) is 0 Å². The topological polar surface area (TPSA) is 71.3 Å². The molecule has 2 aliphatic heterocycles. The van der Waals surface area contributed by atoms with Crippen molar-refractivity contribution in [3.8, 4) is 16.9 Å². The Kier molecular flexibility index (Phi) is 8.05. The van der Waals surface area contributed by atoms with Gasteiger partial charge in [0, 0.05) is 31.2 Å². The molecule has 0 spiro atoms. The number of carbonyl (C=O) groups excluding carboxylic acids is 1. The number of nitrogens with zero attached hydrogens (tertiary/aromatic N) is 5. The van der Waals surface area contributed by atoms with Crippen molar-refractivity contribution in [3.05, 3.63) is 93.9 Å². The molecule has 0 saturated carbocycles. The Balaban J connectivity index is 1.68. The minimum atomic E-state index is -0.683. The molecule has 2 bridgehead atoms. The SMILES string of the molecule is C=CC(=O)N1CCN(c2nc(=O)n3c4nc(c(F)cc24)-c2c(F)cccc2CCCCCc2cccc(C(C)C)c2-3)[C@@H](C)C1. The van der Waals surface area contributed by atoms with Crippen molar-refractivity contribution in [2.75, 3.05) is 24.5 Å². The molecule has 1 fully saturated rings. The van der Waals surface area contributed by atoms with Gasteiger partial charge in [0.1, 0.15) is 23.1 Å². The zero-order valence-electron chi connectivity index (χ0n) is 25.4. The molecule has 9 heteroatoms. The summed E-state index contributed by atoms with van der Waals surface area (Å²) in [6.07, 6.45) is 5.21. The summed E-state index contributed by atoms with van der Waals surface area (Å²) >= 11 is 0. The van der Waals surface area contributed by atoms with Crippen molar-refractivity contribution in [2.45, 2.75) is 64.8 Å². The molecule has 228 valence electrons. The first-order chi connectivity index (χ1) is 21.2.